The van der Waals surface area contributed by atoms with Gasteiger partial charge >= 0.3 is 5.97 Å². The molecular formula is C17H15N5O3S2. The molecule has 8 nitrogen and oxygen atoms in total. The molecule has 0 radical (unpaired) electrons. The van der Waals surface area contributed by atoms with E-state index in [1.54, 1.807) is 18.4 Å². The van der Waals surface area contributed by atoms with Crippen LogP contribution in [-0.2, 0) is 9.53 Å². The van der Waals surface area contributed by atoms with Gasteiger partial charge in [0, 0.05) is 0 Å². The molecule has 2 N–H and O–H groups in total. The molecule has 0 saturated heterocycles. The first kappa shape index (κ1) is 17.6. The number of aromatic amines is 1. The van der Waals surface area contributed by atoms with E-state index in [-0.39, 0.29) is 18.3 Å². The minimum atomic E-state index is -0.444. The third kappa shape index (κ3) is 3.40. The number of hydrogen-bond acceptors (Lipinski definition) is 7. The number of carbonyl (C=O) groups excluding carboxylic acids is 2. The highest BCUT2D eigenvalue weighted by Crippen LogP contribution is 2.26. The van der Waals surface area contributed by atoms with Crippen molar-refractivity contribution in [1.29, 1.82) is 0 Å². The Bertz CT molecular complexity index is 1130. The molecule has 138 valence electrons. The van der Waals surface area contributed by atoms with Crippen LogP contribution < -0.4 is 5.32 Å². The number of fused-ring (bicyclic) bond motifs is 3. The van der Waals surface area contributed by atoms with Gasteiger partial charge in [0.15, 0.2) is 5.16 Å². The van der Waals surface area contributed by atoms with E-state index in [4.69, 9.17) is 4.74 Å². The Labute approximate surface area is 161 Å². The van der Waals surface area contributed by atoms with Gasteiger partial charge in [0.05, 0.1) is 29.0 Å². The quantitative estimate of drug-likeness (QED) is 0.380. The smallest absolute Gasteiger partial charge is 0.341 e. The maximum absolute atomic E-state index is 12.3. The van der Waals surface area contributed by atoms with Crippen molar-refractivity contribution < 1.29 is 14.3 Å². The van der Waals surface area contributed by atoms with Crippen LogP contribution in [0, 0.1) is 0 Å². The molecule has 0 bridgehead atoms. The van der Waals surface area contributed by atoms with Crippen molar-refractivity contribution in [2.75, 3.05) is 17.7 Å². The molecule has 0 aliphatic rings. The molecule has 0 spiro atoms. The average Bonchev–Trinajstić information content (AvgIpc) is 3.35. The van der Waals surface area contributed by atoms with Gasteiger partial charge in [-0.05, 0) is 30.5 Å². The number of thiophene rings is 1. The summed E-state index contributed by atoms with van der Waals surface area (Å²) in [4.78, 5) is 28.7. The van der Waals surface area contributed by atoms with Gasteiger partial charge < -0.3 is 10.1 Å². The van der Waals surface area contributed by atoms with E-state index in [0.717, 1.165) is 11.0 Å². The monoisotopic (exact) mass is 401 g/mol. The third-order valence-electron chi connectivity index (χ3n) is 3.75. The molecule has 0 aliphatic heterocycles. The number of rotatable bonds is 6. The Hall–Kier alpha value is -2.85. The van der Waals surface area contributed by atoms with Gasteiger partial charge in [-0.2, -0.15) is 0 Å². The predicted octanol–water partition coefficient (Wildman–Crippen LogP) is 3.18. The highest BCUT2D eigenvalue weighted by molar-refractivity contribution is 7.99. The van der Waals surface area contributed by atoms with Crippen LogP contribution in [0.2, 0.25) is 0 Å². The Morgan fingerprint density at radius 3 is 3.04 bits per heavy atom. The number of ether oxygens (including phenoxy) is 1. The number of carbonyl (C=O) groups is 2. The van der Waals surface area contributed by atoms with Crippen molar-refractivity contribution in [2.45, 2.75) is 12.1 Å². The highest BCUT2D eigenvalue weighted by atomic mass is 32.2. The van der Waals surface area contributed by atoms with Crippen LogP contribution in [0.15, 0.2) is 40.9 Å². The lowest BCUT2D eigenvalue weighted by atomic mass is 10.3. The molecular weight excluding hydrogens is 386 g/mol. The van der Waals surface area contributed by atoms with E-state index in [2.05, 4.69) is 20.5 Å². The van der Waals surface area contributed by atoms with Crippen LogP contribution >= 0.6 is 23.1 Å². The number of hydrogen-bond donors (Lipinski definition) is 2. The number of nitrogens with zero attached hydrogens (tertiary/aromatic N) is 3. The summed E-state index contributed by atoms with van der Waals surface area (Å²) in [7, 11) is 0. The van der Waals surface area contributed by atoms with Gasteiger partial charge in [0.25, 0.3) is 0 Å². The molecule has 4 aromatic rings. The first-order valence-corrected chi connectivity index (χ1v) is 10.0. The number of benzene rings is 1. The van der Waals surface area contributed by atoms with E-state index < -0.39 is 5.97 Å². The molecule has 1 aromatic carbocycles. The summed E-state index contributed by atoms with van der Waals surface area (Å²) in [5.74, 6) is 0.100. The van der Waals surface area contributed by atoms with Crippen LogP contribution in [0.3, 0.4) is 0 Å². The SMILES string of the molecule is CCOC(=O)c1ccsc1NC(=O)CSc1n[nH]c2nc3ccccc3n12. The second-order valence-corrected chi connectivity index (χ2v) is 7.35. The summed E-state index contributed by atoms with van der Waals surface area (Å²) >= 11 is 2.57. The lowest BCUT2D eigenvalue weighted by molar-refractivity contribution is -0.113. The molecule has 0 saturated carbocycles. The van der Waals surface area contributed by atoms with E-state index >= 15 is 0 Å². The molecule has 3 heterocycles. The third-order valence-corrected chi connectivity index (χ3v) is 5.52. The van der Waals surface area contributed by atoms with Crippen LogP contribution in [-0.4, -0.2) is 43.8 Å². The van der Waals surface area contributed by atoms with Gasteiger partial charge in [-0.3, -0.25) is 9.20 Å². The van der Waals surface area contributed by atoms with Gasteiger partial charge in [-0.1, -0.05) is 23.9 Å². The number of thioether (sulfide) groups is 1. The Morgan fingerprint density at radius 2 is 2.19 bits per heavy atom. The Kier molecular flexibility index (Phi) is 4.82. The number of aromatic nitrogens is 4. The first-order chi connectivity index (χ1) is 13.2. The number of para-hydroxylation sites is 2. The van der Waals surface area contributed by atoms with E-state index in [9.17, 15) is 9.59 Å². The highest BCUT2D eigenvalue weighted by Gasteiger charge is 2.17. The fraction of sp³-hybridized carbons (Fsp3) is 0.176. The molecule has 1 amide bonds. The fourth-order valence-corrected chi connectivity index (χ4v) is 4.16. The lowest BCUT2D eigenvalue weighted by Gasteiger charge is -2.05. The van der Waals surface area contributed by atoms with Crippen molar-refractivity contribution in [3.05, 3.63) is 41.3 Å². The summed E-state index contributed by atoms with van der Waals surface area (Å²) in [5.41, 5.74) is 2.14. The minimum absolute atomic E-state index is 0.145. The van der Waals surface area contributed by atoms with E-state index in [1.807, 2.05) is 28.7 Å². The number of imidazole rings is 1. The number of H-pyrrole nitrogens is 1. The topological polar surface area (TPSA) is 101 Å². The second kappa shape index (κ2) is 7.41. The molecule has 0 atom stereocenters. The maximum Gasteiger partial charge on any atom is 0.341 e. The van der Waals surface area contributed by atoms with E-state index in [0.29, 0.717) is 21.5 Å². The van der Waals surface area contributed by atoms with Gasteiger partial charge in [-0.15, -0.1) is 16.4 Å². The number of nitrogens with one attached hydrogen (secondary N) is 2. The molecule has 27 heavy (non-hydrogen) atoms. The average molecular weight is 401 g/mol. The Morgan fingerprint density at radius 1 is 1.33 bits per heavy atom. The normalized spacial score (nSPS) is 11.1. The van der Waals surface area contributed by atoms with Gasteiger partial charge in [0.1, 0.15) is 5.00 Å². The second-order valence-electron chi connectivity index (χ2n) is 5.49. The zero-order chi connectivity index (χ0) is 18.8. The lowest BCUT2D eigenvalue weighted by Crippen LogP contribution is -2.16. The number of anilines is 1. The minimum Gasteiger partial charge on any atom is -0.462 e. The van der Waals surface area contributed by atoms with Crippen LogP contribution in [0.5, 0.6) is 0 Å². The maximum atomic E-state index is 12.3. The summed E-state index contributed by atoms with van der Waals surface area (Å²) in [6.45, 7) is 2.02. The zero-order valence-electron chi connectivity index (χ0n) is 14.3. The summed E-state index contributed by atoms with van der Waals surface area (Å²) in [6.07, 6.45) is 0. The van der Waals surface area contributed by atoms with Crippen molar-refractivity contribution in [3.8, 4) is 0 Å². The predicted molar refractivity (Wildman–Crippen MR) is 104 cm³/mol. The molecule has 4 rings (SSSR count). The largest absolute Gasteiger partial charge is 0.462 e. The summed E-state index contributed by atoms with van der Waals surface area (Å²) in [6, 6.07) is 9.36. The standard InChI is InChI=1S/C17H15N5O3S2/c1-2-25-15(24)10-7-8-26-14(10)19-13(23)9-27-17-21-20-16-18-11-5-3-4-6-12(11)22(16)17/h3-8H,2,9H2,1H3,(H,18,20)(H,19,23). The fourth-order valence-electron chi connectivity index (χ4n) is 2.61. The first-order valence-electron chi connectivity index (χ1n) is 8.16. The van der Waals surface area contributed by atoms with Crippen LogP contribution in [0.4, 0.5) is 5.00 Å². The van der Waals surface area contributed by atoms with Crippen molar-refractivity contribution >= 4 is 56.8 Å². The summed E-state index contributed by atoms with van der Waals surface area (Å²) < 4.78 is 6.87. The Balaban J connectivity index is 1.47. The van der Waals surface area contributed by atoms with Gasteiger partial charge in [-0.25, -0.2) is 14.9 Å². The van der Waals surface area contributed by atoms with Gasteiger partial charge in [0.2, 0.25) is 11.7 Å². The molecule has 0 fully saturated rings. The van der Waals surface area contributed by atoms with E-state index in [1.165, 1.54) is 23.1 Å². The molecule has 10 heteroatoms. The summed E-state index contributed by atoms with van der Waals surface area (Å²) in [5, 5.41) is 12.7. The van der Waals surface area contributed by atoms with Crippen LogP contribution in [0.25, 0.3) is 16.8 Å². The molecule has 0 unspecified atom stereocenters. The zero-order valence-corrected chi connectivity index (χ0v) is 15.9. The van der Waals surface area contributed by atoms with Crippen molar-refractivity contribution in [2.24, 2.45) is 0 Å². The molecule has 0 aliphatic carbocycles. The van der Waals surface area contributed by atoms with Crippen molar-refractivity contribution in [3.63, 3.8) is 0 Å². The number of esters is 1. The van der Waals surface area contributed by atoms with Crippen LogP contribution in [0.1, 0.15) is 17.3 Å². The number of amides is 1. The molecule has 3 aromatic heterocycles. The van der Waals surface area contributed by atoms with Crippen molar-refractivity contribution in [1.82, 2.24) is 19.6 Å².